The smallest absolute Gasteiger partial charge is 0.168 e. The molecule has 0 atom stereocenters. The van der Waals surface area contributed by atoms with Crippen LogP contribution in [-0.4, -0.2) is 44.9 Å². The number of hydrogen-bond acceptors (Lipinski definition) is 15. The van der Waals surface area contributed by atoms with Gasteiger partial charge in [-0.15, -0.1) is 22.7 Å². The third kappa shape index (κ3) is 14.5. The summed E-state index contributed by atoms with van der Waals surface area (Å²) in [4.78, 5) is 46.3. The molecular formula is C134H79N9O4S2. The van der Waals surface area contributed by atoms with Crippen LogP contribution in [0, 0.1) is 0 Å². The van der Waals surface area contributed by atoms with Crippen LogP contribution >= 0.6 is 22.7 Å². The van der Waals surface area contributed by atoms with Crippen LogP contribution in [0.3, 0.4) is 0 Å². The summed E-state index contributed by atoms with van der Waals surface area (Å²) in [7, 11) is 0. The molecule has 31 aromatic rings. The first-order valence-electron chi connectivity index (χ1n) is 49.9. The van der Waals surface area contributed by atoms with Crippen LogP contribution < -0.4 is 0 Å². The van der Waals surface area contributed by atoms with E-state index in [-0.39, 0.29) is 5.41 Å². The molecule has 0 saturated heterocycles. The lowest BCUT2D eigenvalue weighted by Crippen LogP contribution is -2.15. The zero-order valence-electron chi connectivity index (χ0n) is 80.1. The van der Waals surface area contributed by atoms with E-state index in [9.17, 15) is 0 Å². The Balaban J connectivity index is 0.000000103. The number of furan rings is 4. The summed E-state index contributed by atoms with van der Waals surface area (Å²) < 4.78 is 30.4. The Morgan fingerprint density at radius 3 is 1.13 bits per heavy atom. The van der Waals surface area contributed by atoms with E-state index in [1.807, 2.05) is 66.7 Å². The number of thiophene rings is 2. The topological polar surface area (TPSA) is 169 Å². The van der Waals surface area contributed by atoms with Gasteiger partial charge in [0, 0.05) is 133 Å². The standard InChI is InChI=1S/C46H29N3O2.C45H25N3OS.C43H25N3OS/c1-46(2)37-13-7-5-11-31(37)32-18-15-29(23-38(32)46)44-47-43(48-45(49-44)30-16-19-34-33-12-6-8-14-39(33)50-41(34)25-30)28-17-20-40-35(22-28)36-21-26-9-3-4-10-27(26)24-42(36)51-40;1-2-8-33-26(7-1)13-15-28-21-30(17-19-34(28)33)44-46-43(47-45(48-44)31-18-20-37-36-10-4-6-12-41(36)50-42(37)25-31)29-16-14-27-23-38-35-9-3-5-11-39(35)49-40(38)24-32(27)22-29;1-2-10-26(11-3-1)27-18-20-28(21-19-27)41-44-42(30-22-23-34-33-15-7-9-17-37(33)48-38(34)25-30)46-43(45-41)39-31-13-5-4-12-29(31)24-35-32-14-6-8-16-36(32)47-40(35)39/h3-25H,1-2H3;1-25H;1-25H. The number of benzene rings is 22. The SMILES string of the molecule is CC1(C)c2ccccc2-c2ccc(-c3nc(-c4ccc5c(c4)oc4ccccc45)nc(-c4ccc5oc6cc7ccccc7cc6c5c4)n3)cc21.c1ccc(-c2ccc(-c3nc(-c4ccc5c(c4)sc4ccccc45)nc(-c4c5ccccc5cc5c4oc4ccccc45)n3)cc2)cc1.c1ccc2c(c1)ccc1cc(-c3nc(-c4ccc5cc6c(cc5c4)oc4ccccc46)nc(-c4ccc5c(c4)sc4ccccc45)n3)ccc12. The van der Waals surface area contributed by atoms with Gasteiger partial charge < -0.3 is 17.7 Å². The molecule has 22 aromatic carbocycles. The highest BCUT2D eigenvalue weighted by Crippen LogP contribution is 2.52. The third-order valence-electron chi connectivity index (χ3n) is 29.7. The minimum atomic E-state index is -0.148. The Labute approximate surface area is 858 Å². The molecule has 15 heteroatoms. The molecule has 696 valence electrons. The van der Waals surface area contributed by atoms with Gasteiger partial charge in [-0.05, 0) is 209 Å². The average molecular weight is 1940 g/mol. The third-order valence-corrected chi connectivity index (χ3v) is 32.0. The van der Waals surface area contributed by atoms with Crippen molar-refractivity contribution in [3.63, 3.8) is 0 Å². The van der Waals surface area contributed by atoms with Crippen molar-refractivity contribution in [2.24, 2.45) is 0 Å². The molecule has 9 aromatic heterocycles. The predicted molar refractivity (Wildman–Crippen MR) is 614 cm³/mol. The lowest BCUT2D eigenvalue weighted by atomic mass is 9.82. The molecule has 0 fully saturated rings. The van der Waals surface area contributed by atoms with Crippen LogP contribution in [0.25, 0.3) is 307 Å². The summed E-state index contributed by atoms with van der Waals surface area (Å²) in [6, 6.07) is 155. The summed E-state index contributed by atoms with van der Waals surface area (Å²) in [6.45, 7) is 4.59. The zero-order valence-corrected chi connectivity index (χ0v) is 81.8. The van der Waals surface area contributed by atoms with Gasteiger partial charge in [-0.3, -0.25) is 0 Å². The maximum Gasteiger partial charge on any atom is 0.168 e. The lowest BCUT2D eigenvalue weighted by molar-refractivity contribution is 0.660. The first kappa shape index (κ1) is 85.4. The summed E-state index contributed by atoms with van der Waals surface area (Å²) in [5, 5.41) is 25.1. The summed E-state index contributed by atoms with van der Waals surface area (Å²) in [6.07, 6.45) is 0. The van der Waals surface area contributed by atoms with Gasteiger partial charge in [0.05, 0.1) is 5.56 Å². The molecular weight excluding hydrogens is 1860 g/mol. The van der Waals surface area contributed by atoms with Crippen LogP contribution in [0.2, 0.25) is 0 Å². The molecule has 32 rings (SSSR count). The Bertz CT molecular complexity index is 11100. The number of rotatable bonds is 10. The number of nitrogens with zero attached hydrogens (tertiary/aromatic N) is 9. The summed E-state index contributed by atoms with van der Waals surface area (Å²) in [5.41, 5.74) is 22.3. The minimum absolute atomic E-state index is 0.148. The van der Waals surface area contributed by atoms with E-state index in [1.165, 1.54) is 89.7 Å². The van der Waals surface area contributed by atoms with Crippen molar-refractivity contribution in [1.82, 2.24) is 44.9 Å². The van der Waals surface area contributed by atoms with Crippen LogP contribution in [0.5, 0.6) is 0 Å². The highest BCUT2D eigenvalue weighted by atomic mass is 32.1. The molecule has 0 spiro atoms. The Kier molecular flexibility index (Phi) is 19.5. The molecule has 0 unspecified atom stereocenters. The van der Waals surface area contributed by atoms with E-state index in [1.54, 1.807) is 22.7 Å². The Morgan fingerprint density at radius 1 is 0.168 bits per heavy atom. The van der Waals surface area contributed by atoms with Crippen molar-refractivity contribution in [3.05, 3.63) is 454 Å². The van der Waals surface area contributed by atoms with E-state index in [0.29, 0.717) is 52.4 Å². The Morgan fingerprint density at radius 2 is 0.503 bits per heavy atom. The van der Waals surface area contributed by atoms with Crippen LogP contribution in [0.1, 0.15) is 25.0 Å². The molecule has 1 aliphatic rings. The van der Waals surface area contributed by atoms with Gasteiger partial charge >= 0.3 is 0 Å². The quantitative estimate of drug-likeness (QED) is 0.119. The van der Waals surface area contributed by atoms with E-state index < -0.39 is 0 Å². The average Bonchev–Trinajstić information content (AvgIpc) is 1.59. The molecule has 0 amide bonds. The van der Waals surface area contributed by atoms with Crippen molar-refractivity contribution in [2.75, 3.05) is 0 Å². The molecule has 0 bridgehead atoms. The molecule has 0 saturated carbocycles. The molecule has 0 radical (unpaired) electrons. The minimum Gasteiger partial charge on any atom is -0.456 e. The van der Waals surface area contributed by atoms with Crippen LogP contribution in [-0.2, 0) is 5.41 Å². The van der Waals surface area contributed by atoms with E-state index in [0.717, 1.165) is 176 Å². The number of hydrogen-bond donors (Lipinski definition) is 0. The fraction of sp³-hybridized carbons (Fsp3) is 0.0224. The van der Waals surface area contributed by atoms with Crippen LogP contribution in [0.15, 0.2) is 461 Å². The number of aromatic nitrogens is 9. The maximum absolute atomic E-state index is 6.59. The first-order chi connectivity index (χ1) is 73.5. The Hall–Kier alpha value is -19.2. The highest BCUT2D eigenvalue weighted by molar-refractivity contribution is 7.26. The first-order valence-corrected chi connectivity index (χ1v) is 51.5. The fourth-order valence-electron chi connectivity index (χ4n) is 22.3. The predicted octanol–water partition coefficient (Wildman–Crippen LogP) is 36.7. The zero-order chi connectivity index (χ0) is 98.2. The second-order valence-corrected chi connectivity index (χ2v) is 41.1. The maximum atomic E-state index is 6.59. The normalized spacial score (nSPS) is 12.4. The van der Waals surface area contributed by atoms with Crippen molar-refractivity contribution < 1.29 is 17.7 Å². The molecule has 0 N–H and O–H groups in total. The van der Waals surface area contributed by atoms with Gasteiger partial charge in [0.1, 0.15) is 44.7 Å². The van der Waals surface area contributed by atoms with E-state index in [4.69, 9.17) is 62.5 Å². The largest absolute Gasteiger partial charge is 0.456 e. The van der Waals surface area contributed by atoms with Crippen molar-refractivity contribution >= 4 is 205 Å². The van der Waals surface area contributed by atoms with Crippen LogP contribution in [0.4, 0.5) is 0 Å². The molecule has 149 heavy (non-hydrogen) atoms. The number of para-hydroxylation sites is 3. The monoisotopic (exact) mass is 1940 g/mol. The second kappa shape index (κ2) is 34.0. The molecule has 9 heterocycles. The molecule has 1 aliphatic carbocycles. The van der Waals surface area contributed by atoms with Gasteiger partial charge in [0.2, 0.25) is 0 Å². The molecule has 0 aliphatic heterocycles. The van der Waals surface area contributed by atoms with Gasteiger partial charge in [0.25, 0.3) is 0 Å². The number of fused-ring (bicyclic) bond motifs is 27. The summed E-state index contributed by atoms with van der Waals surface area (Å²) in [5.74, 6) is 5.55. The van der Waals surface area contributed by atoms with Gasteiger partial charge in [-0.2, -0.15) is 0 Å². The van der Waals surface area contributed by atoms with E-state index in [2.05, 4.69) is 390 Å². The lowest BCUT2D eigenvalue weighted by Gasteiger charge is -2.21. The van der Waals surface area contributed by atoms with Crippen molar-refractivity contribution in [3.8, 4) is 125 Å². The van der Waals surface area contributed by atoms with Gasteiger partial charge in [-0.1, -0.05) is 335 Å². The molecule has 13 nitrogen and oxygen atoms in total. The summed E-state index contributed by atoms with van der Waals surface area (Å²) >= 11 is 3.59. The highest BCUT2D eigenvalue weighted by Gasteiger charge is 2.36. The van der Waals surface area contributed by atoms with Crippen molar-refractivity contribution in [1.29, 1.82) is 0 Å². The van der Waals surface area contributed by atoms with E-state index >= 15 is 0 Å². The van der Waals surface area contributed by atoms with Crippen molar-refractivity contribution in [2.45, 2.75) is 19.3 Å². The van der Waals surface area contributed by atoms with Gasteiger partial charge in [0.15, 0.2) is 52.4 Å². The fourth-order valence-corrected chi connectivity index (χ4v) is 24.5. The second-order valence-electron chi connectivity index (χ2n) is 38.9. The van der Waals surface area contributed by atoms with Gasteiger partial charge in [-0.25, -0.2) is 44.9 Å².